The summed E-state index contributed by atoms with van der Waals surface area (Å²) in [4.78, 5) is 26.7. The van der Waals surface area contributed by atoms with E-state index in [2.05, 4.69) is 15.5 Å². The lowest BCUT2D eigenvalue weighted by Gasteiger charge is -2.33. The third-order valence-electron chi connectivity index (χ3n) is 4.23. The molecule has 3 rings (SSSR count). The van der Waals surface area contributed by atoms with E-state index in [0.29, 0.717) is 36.1 Å². The van der Waals surface area contributed by atoms with Gasteiger partial charge in [-0.05, 0) is 17.7 Å². The summed E-state index contributed by atoms with van der Waals surface area (Å²) in [6.45, 7) is 3.18. The molecule has 25 heavy (non-hydrogen) atoms. The second-order valence-electron chi connectivity index (χ2n) is 5.86. The predicted octanol–water partition coefficient (Wildman–Crippen LogP) is 1.45. The minimum absolute atomic E-state index is 0.360. The number of methoxy groups -OCH3 is 1. The summed E-state index contributed by atoms with van der Waals surface area (Å²) in [7, 11) is 1.33. The number of urea groups is 1. The third-order valence-corrected chi connectivity index (χ3v) is 4.46. The van der Waals surface area contributed by atoms with Crippen LogP contribution >= 0.6 is 11.6 Å². The standard InChI is InChI=1S/C17H20ClN3O4/c1-24-16(22)14-13(10-21-5-7-25-8-6-21)19-17(23)20-15(14)11-3-2-4-12(18)9-11/h2-4,9,15H,5-8,10H2,1H3,(H2,19,20,23). The first-order chi connectivity index (χ1) is 12.1. The van der Waals surface area contributed by atoms with Crippen molar-refractivity contribution in [2.75, 3.05) is 40.0 Å². The summed E-state index contributed by atoms with van der Waals surface area (Å²) in [5.74, 6) is -0.485. The van der Waals surface area contributed by atoms with Crippen molar-refractivity contribution in [2.45, 2.75) is 6.04 Å². The van der Waals surface area contributed by atoms with E-state index in [1.165, 1.54) is 7.11 Å². The molecule has 1 aromatic carbocycles. The van der Waals surface area contributed by atoms with Gasteiger partial charge in [0.25, 0.3) is 0 Å². The normalized spacial score (nSPS) is 21.5. The van der Waals surface area contributed by atoms with E-state index in [9.17, 15) is 9.59 Å². The molecule has 1 unspecified atom stereocenters. The maximum absolute atomic E-state index is 12.4. The van der Waals surface area contributed by atoms with E-state index < -0.39 is 12.0 Å². The minimum atomic E-state index is -0.615. The first-order valence-electron chi connectivity index (χ1n) is 8.03. The molecule has 2 N–H and O–H groups in total. The Morgan fingerprint density at radius 2 is 2.16 bits per heavy atom. The summed E-state index contributed by atoms with van der Waals surface area (Å²) >= 11 is 6.07. The fourth-order valence-corrected chi connectivity index (χ4v) is 3.21. The highest BCUT2D eigenvalue weighted by molar-refractivity contribution is 6.30. The summed E-state index contributed by atoms with van der Waals surface area (Å²) in [5.41, 5.74) is 1.65. The number of carbonyl (C=O) groups is 2. The highest BCUT2D eigenvalue weighted by Gasteiger charge is 2.34. The zero-order chi connectivity index (χ0) is 17.8. The van der Waals surface area contributed by atoms with Crippen LogP contribution in [0.4, 0.5) is 4.79 Å². The third kappa shape index (κ3) is 4.12. The fourth-order valence-electron chi connectivity index (χ4n) is 3.01. The van der Waals surface area contributed by atoms with Crippen molar-refractivity contribution in [1.82, 2.24) is 15.5 Å². The van der Waals surface area contributed by atoms with E-state index in [-0.39, 0.29) is 6.03 Å². The second kappa shape index (κ2) is 7.86. The van der Waals surface area contributed by atoms with Crippen LogP contribution in [-0.2, 0) is 14.3 Å². The minimum Gasteiger partial charge on any atom is -0.466 e. The summed E-state index contributed by atoms with van der Waals surface area (Å²) in [6, 6.07) is 6.09. The Morgan fingerprint density at radius 3 is 2.84 bits per heavy atom. The van der Waals surface area contributed by atoms with Gasteiger partial charge >= 0.3 is 12.0 Å². The topological polar surface area (TPSA) is 79.9 Å². The molecule has 1 fully saturated rings. The van der Waals surface area contributed by atoms with Crippen molar-refractivity contribution in [1.29, 1.82) is 0 Å². The number of esters is 1. The quantitative estimate of drug-likeness (QED) is 0.789. The molecule has 0 saturated carbocycles. The van der Waals surface area contributed by atoms with Crippen LogP contribution in [0.3, 0.4) is 0 Å². The zero-order valence-corrected chi connectivity index (χ0v) is 14.6. The molecule has 134 valence electrons. The molecule has 0 spiro atoms. The lowest BCUT2D eigenvalue weighted by atomic mass is 9.95. The highest BCUT2D eigenvalue weighted by Crippen LogP contribution is 2.29. The van der Waals surface area contributed by atoms with Crippen LogP contribution < -0.4 is 10.6 Å². The Hall–Kier alpha value is -2.09. The SMILES string of the molecule is COC(=O)C1=C(CN2CCOCC2)NC(=O)NC1c1cccc(Cl)c1. The van der Waals surface area contributed by atoms with Crippen molar-refractivity contribution in [3.63, 3.8) is 0 Å². The van der Waals surface area contributed by atoms with Gasteiger partial charge in [-0.1, -0.05) is 23.7 Å². The number of hydrogen-bond acceptors (Lipinski definition) is 5. The Morgan fingerprint density at radius 1 is 1.40 bits per heavy atom. The maximum Gasteiger partial charge on any atom is 0.338 e. The Balaban J connectivity index is 1.98. The average molecular weight is 366 g/mol. The maximum atomic E-state index is 12.4. The number of rotatable bonds is 4. The number of halogens is 1. The molecule has 2 amide bonds. The van der Waals surface area contributed by atoms with E-state index >= 15 is 0 Å². The molecule has 1 saturated heterocycles. The lowest BCUT2D eigenvalue weighted by Crippen LogP contribution is -2.49. The Bertz CT molecular complexity index is 701. The van der Waals surface area contributed by atoms with Crippen LogP contribution in [0, 0.1) is 0 Å². The second-order valence-corrected chi connectivity index (χ2v) is 6.30. The van der Waals surface area contributed by atoms with Crippen LogP contribution in [0.5, 0.6) is 0 Å². The molecule has 1 aromatic rings. The Labute approximate surface area is 150 Å². The lowest BCUT2D eigenvalue weighted by molar-refractivity contribution is -0.136. The molecule has 7 nitrogen and oxygen atoms in total. The number of morpholine rings is 1. The first-order valence-corrected chi connectivity index (χ1v) is 8.40. The molecule has 0 aliphatic carbocycles. The number of benzene rings is 1. The first kappa shape index (κ1) is 17.7. The van der Waals surface area contributed by atoms with Gasteiger partial charge in [-0.25, -0.2) is 9.59 Å². The average Bonchev–Trinajstić information content (AvgIpc) is 2.61. The van der Waals surface area contributed by atoms with Crippen LogP contribution in [0.1, 0.15) is 11.6 Å². The molecule has 8 heteroatoms. The Kier molecular flexibility index (Phi) is 5.57. The number of nitrogens with one attached hydrogen (secondary N) is 2. The van der Waals surface area contributed by atoms with Gasteiger partial charge < -0.3 is 20.1 Å². The number of hydrogen-bond donors (Lipinski definition) is 2. The van der Waals surface area contributed by atoms with E-state index in [1.807, 2.05) is 6.07 Å². The molecule has 1 atom stereocenters. The smallest absolute Gasteiger partial charge is 0.338 e. The van der Waals surface area contributed by atoms with Gasteiger partial charge in [-0.15, -0.1) is 0 Å². The number of ether oxygens (including phenoxy) is 2. The molecule has 2 heterocycles. The van der Waals surface area contributed by atoms with Crippen LogP contribution in [-0.4, -0.2) is 56.9 Å². The number of nitrogens with zero attached hydrogens (tertiary/aromatic N) is 1. The monoisotopic (exact) mass is 365 g/mol. The van der Waals surface area contributed by atoms with Crippen LogP contribution in [0.25, 0.3) is 0 Å². The van der Waals surface area contributed by atoms with Crippen LogP contribution in [0.2, 0.25) is 5.02 Å². The van der Waals surface area contributed by atoms with Gasteiger partial charge in [0.05, 0.1) is 31.9 Å². The molecule has 0 aromatic heterocycles. The molecule has 2 aliphatic heterocycles. The van der Waals surface area contributed by atoms with E-state index in [0.717, 1.165) is 18.7 Å². The highest BCUT2D eigenvalue weighted by atomic mass is 35.5. The molecule has 2 aliphatic rings. The molecular weight excluding hydrogens is 346 g/mol. The van der Waals surface area contributed by atoms with Gasteiger partial charge in [-0.3, -0.25) is 4.90 Å². The van der Waals surface area contributed by atoms with Crippen molar-refractivity contribution < 1.29 is 19.1 Å². The number of amides is 2. The van der Waals surface area contributed by atoms with Gasteiger partial charge in [-0.2, -0.15) is 0 Å². The summed E-state index contributed by atoms with van der Waals surface area (Å²) in [5, 5.41) is 6.07. The van der Waals surface area contributed by atoms with E-state index in [4.69, 9.17) is 21.1 Å². The van der Waals surface area contributed by atoms with Gasteiger partial charge in [0.15, 0.2) is 0 Å². The molecular formula is C17H20ClN3O4. The van der Waals surface area contributed by atoms with Gasteiger partial charge in [0.1, 0.15) is 0 Å². The zero-order valence-electron chi connectivity index (χ0n) is 13.9. The largest absolute Gasteiger partial charge is 0.466 e. The van der Waals surface area contributed by atoms with Crippen molar-refractivity contribution in [2.24, 2.45) is 0 Å². The predicted molar refractivity (Wildman–Crippen MR) is 92.2 cm³/mol. The number of carbonyl (C=O) groups excluding carboxylic acids is 2. The summed E-state index contributed by atoms with van der Waals surface area (Å²) in [6.07, 6.45) is 0. The van der Waals surface area contributed by atoms with E-state index in [1.54, 1.807) is 18.2 Å². The molecule has 0 bridgehead atoms. The van der Waals surface area contributed by atoms with Crippen molar-refractivity contribution >= 4 is 23.6 Å². The van der Waals surface area contributed by atoms with Gasteiger partial charge in [0.2, 0.25) is 0 Å². The van der Waals surface area contributed by atoms with Crippen molar-refractivity contribution in [3.8, 4) is 0 Å². The molecule has 0 radical (unpaired) electrons. The van der Waals surface area contributed by atoms with Crippen molar-refractivity contribution in [3.05, 3.63) is 46.1 Å². The van der Waals surface area contributed by atoms with Gasteiger partial charge in [0, 0.05) is 30.4 Å². The van der Waals surface area contributed by atoms with Crippen LogP contribution in [0.15, 0.2) is 35.5 Å². The fraction of sp³-hybridized carbons (Fsp3) is 0.412. The summed E-state index contributed by atoms with van der Waals surface area (Å²) < 4.78 is 10.3.